The van der Waals surface area contributed by atoms with Crippen LogP contribution in [0.1, 0.15) is 11.1 Å². The van der Waals surface area contributed by atoms with Crippen molar-refractivity contribution in [2.45, 2.75) is 13.5 Å². The van der Waals surface area contributed by atoms with Crippen LogP contribution in [0.5, 0.6) is 11.5 Å². The van der Waals surface area contributed by atoms with Gasteiger partial charge in [0.25, 0.3) is 5.69 Å². The Kier molecular flexibility index (Phi) is 3.77. The van der Waals surface area contributed by atoms with Gasteiger partial charge in [-0.1, -0.05) is 18.2 Å². The van der Waals surface area contributed by atoms with Crippen molar-refractivity contribution in [3.8, 4) is 11.5 Å². The van der Waals surface area contributed by atoms with Crippen molar-refractivity contribution in [2.24, 2.45) is 5.73 Å². The standard InChI is InChI=1S/C14H14N2O3/c1-10-13(16(17)18)6-3-7-14(10)19-12-5-2-4-11(8-12)9-15/h2-8H,9,15H2,1H3. The molecule has 0 aliphatic rings. The number of hydrogen-bond donors (Lipinski definition) is 1. The Morgan fingerprint density at radius 2 is 2.00 bits per heavy atom. The minimum atomic E-state index is -0.418. The lowest BCUT2D eigenvalue weighted by molar-refractivity contribution is -0.385. The van der Waals surface area contributed by atoms with Crippen LogP contribution in [0.2, 0.25) is 0 Å². The molecular weight excluding hydrogens is 244 g/mol. The topological polar surface area (TPSA) is 78.4 Å². The monoisotopic (exact) mass is 258 g/mol. The Labute approximate surface area is 110 Å². The predicted octanol–water partition coefficient (Wildman–Crippen LogP) is 3.15. The van der Waals surface area contributed by atoms with Crippen LogP contribution in [0.3, 0.4) is 0 Å². The first-order valence-electron chi connectivity index (χ1n) is 5.82. The summed E-state index contributed by atoms with van der Waals surface area (Å²) >= 11 is 0. The van der Waals surface area contributed by atoms with Gasteiger partial charge in [0.15, 0.2) is 0 Å². The van der Waals surface area contributed by atoms with Crippen molar-refractivity contribution >= 4 is 5.69 Å². The molecule has 0 amide bonds. The summed E-state index contributed by atoms with van der Waals surface area (Å²) in [6.45, 7) is 2.09. The van der Waals surface area contributed by atoms with Gasteiger partial charge in [0, 0.05) is 12.6 Å². The Morgan fingerprint density at radius 3 is 2.68 bits per heavy atom. The normalized spacial score (nSPS) is 10.2. The summed E-state index contributed by atoms with van der Waals surface area (Å²) in [6, 6.07) is 12.1. The number of nitrogens with zero attached hydrogens (tertiary/aromatic N) is 1. The molecular formula is C14H14N2O3. The van der Waals surface area contributed by atoms with Crippen LogP contribution < -0.4 is 10.5 Å². The van der Waals surface area contributed by atoms with Gasteiger partial charge in [0.2, 0.25) is 0 Å². The highest BCUT2D eigenvalue weighted by Crippen LogP contribution is 2.31. The zero-order chi connectivity index (χ0) is 13.8. The molecule has 2 rings (SSSR count). The van der Waals surface area contributed by atoms with Gasteiger partial charge in [-0.05, 0) is 30.7 Å². The number of ether oxygens (including phenoxy) is 1. The van der Waals surface area contributed by atoms with E-state index in [0.29, 0.717) is 23.6 Å². The Bertz CT molecular complexity index is 611. The first-order chi connectivity index (χ1) is 9.11. The van der Waals surface area contributed by atoms with Crippen LogP contribution >= 0.6 is 0 Å². The van der Waals surface area contributed by atoms with E-state index in [2.05, 4.69) is 0 Å². The van der Waals surface area contributed by atoms with Crippen molar-refractivity contribution < 1.29 is 9.66 Å². The van der Waals surface area contributed by atoms with Crippen molar-refractivity contribution in [3.63, 3.8) is 0 Å². The highest BCUT2D eigenvalue weighted by Gasteiger charge is 2.14. The lowest BCUT2D eigenvalue weighted by Gasteiger charge is -2.09. The lowest BCUT2D eigenvalue weighted by Crippen LogP contribution is -1.97. The van der Waals surface area contributed by atoms with E-state index < -0.39 is 4.92 Å². The minimum Gasteiger partial charge on any atom is -0.457 e. The van der Waals surface area contributed by atoms with E-state index in [1.165, 1.54) is 6.07 Å². The second kappa shape index (κ2) is 5.49. The number of nitrogens with two attached hydrogens (primary N) is 1. The maximum absolute atomic E-state index is 10.9. The summed E-state index contributed by atoms with van der Waals surface area (Å²) in [6.07, 6.45) is 0. The molecule has 0 saturated heterocycles. The SMILES string of the molecule is Cc1c(Oc2cccc(CN)c2)cccc1[N+](=O)[O-]. The molecule has 0 aliphatic carbocycles. The van der Waals surface area contributed by atoms with Crippen molar-refractivity contribution in [1.82, 2.24) is 0 Å². The van der Waals surface area contributed by atoms with Gasteiger partial charge in [0.05, 0.1) is 10.5 Å². The molecule has 2 aromatic rings. The smallest absolute Gasteiger partial charge is 0.276 e. The molecule has 0 heterocycles. The molecule has 0 unspecified atom stereocenters. The van der Waals surface area contributed by atoms with E-state index in [1.54, 1.807) is 25.1 Å². The van der Waals surface area contributed by atoms with Gasteiger partial charge < -0.3 is 10.5 Å². The van der Waals surface area contributed by atoms with Crippen molar-refractivity contribution in [1.29, 1.82) is 0 Å². The third-order valence-corrected chi connectivity index (χ3v) is 2.81. The molecule has 0 fully saturated rings. The summed E-state index contributed by atoms with van der Waals surface area (Å²) in [7, 11) is 0. The first-order valence-corrected chi connectivity index (χ1v) is 5.82. The molecule has 98 valence electrons. The minimum absolute atomic E-state index is 0.0486. The lowest BCUT2D eigenvalue weighted by atomic mass is 10.2. The van der Waals surface area contributed by atoms with Gasteiger partial charge in [0.1, 0.15) is 11.5 Å². The zero-order valence-corrected chi connectivity index (χ0v) is 10.5. The molecule has 5 nitrogen and oxygen atoms in total. The van der Waals surface area contributed by atoms with Crippen molar-refractivity contribution in [3.05, 3.63) is 63.7 Å². The molecule has 2 N–H and O–H groups in total. The highest BCUT2D eigenvalue weighted by atomic mass is 16.6. The van der Waals surface area contributed by atoms with E-state index in [0.717, 1.165) is 5.56 Å². The van der Waals surface area contributed by atoms with Gasteiger partial charge >= 0.3 is 0 Å². The average Bonchev–Trinajstić information content (AvgIpc) is 2.41. The van der Waals surface area contributed by atoms with Gasteiger partial charge in [-0.2, -0.15) is 0 Å². The summed E-state index contributed by atoms with van der Waals surface area (Å²) in [4.78, 5) is 10.4. The largest absolute Gasteiger partial charge is 0.457 e. The van der Waals surface area contributed by atoms with Crippen LogP contribution in [0.4, 0.5) is 5.69 Å². The molecule has 0 radical (unpaired) electrons. The van der Waals surface area contributed by atoms with Gasteiger partial charge in [-0.25, -0.2) is 0 Å². The maximum atomic E-state index is 10.9. The summed E-state index contributed by atoms with van der Waals surface area (Å²) in [5.74, 6) is 1.09. The second-order valence-corrected chi connectivity index (χ2v) is 4.11. The number of nitro benzene ring substituents is 1. The van der Waals surface area contributed by atoms with E-state index in [4.69, 9.17) is 10.5 Å². The zero-order valence-electron chi connectivity index (χ0n) is 10.5. The van der Waals surface area contributed by atoms with Crippen LogP contribution in [0.25, 0.3) is 0 Å². The molecule has 2 aromatic carbocycles. The fourth-order valence-corrected chi connectivity index (χ4v) is 1.77. The molecule has 0 aromatic heterocycles. The quantitative estimate of drug-likeness (QED) is 0.675. The number of rotatable bonds is 4. The Morgan fingerprint density at radius 1 is 1.26 bits per heavy atom. The van der Waals surface area contributed by atoms with Gasteiger partial charge in [-0.15, -0.1) is 0 Å². The molecule has 0 aliphatic heterocycles. The second-order valence-electron chi connectivity index (χ2n) is 4.11. The fourth-order valence-electron chi connectivity index (χ4n) is 1.77. The maximum Gasteiger partial charge on any atom is 0.276 e. The number of benzene rings is 2. The summed E-state index contributed by atoms with van der Waals surface area (Å²) in [5.41, 5.74) is 7.06. The fraction of sp³-hybridized carbons (Fsp3) is 0.143. The molecule has 19 heavy (non-hydrogen) atoms. The molecule has 0 spiro atoms. The van der Waals surface area contributed by atoms with E-state index in [9.17, 15) is 10.1 Å². The summed E-state index contributed by atoms with van der Waals surface area (Å²) < 4.78 is 5.68. The third kappa shape index (κ3) is 2.89. The highest BCUT2D eigenvalue weighted by molar-refractivity contribution is 5.50. The van der Waals surface area contributed by atoms with Crippen LogP contribution in [0, 0.1) is 17.0 Å². The first kappa shape index (κ1) is 13.0. The average molecular weight is 258 g/mol. The van der Waals surface area contributed by atoms with E-state index >= 15 is 0 Å². The Balaban J connectivity index is 2.33. The van der Waals surface area contributed by atoms with Crippen molar-refractivity contribution in [2.75, 3.05) is 0 Å². The van der Waals surface area contributed by atoms with Crippen LogP contribution in [0.15, 0.2) is 42.5 Å². The molecule has 5 heteroatoms. The van der Waals surface area contributed by atoms with E-state index in [1.807, 2.05) is 18.2 Å². The van der Waals surface area contributed by atoms with Gasteiger partial charge in [-0.3, -0.25) is 10.1 Å². The molecule has 0 bridgehead atoms. The Hall–Kier alpha value is -2.40. The summed E-state index contributed by atoms with van der Waals surface area (Å²) in [5, 5.41) is 10.9. The van der Waals surface area contributed by atoms with Crippen LogP contribution in [-0.4, -0.2) is 4.92 Å². The predicted molar refractivity (Wildman–Crippen MR) is 72.2 cm³/mol. The molecule has 0 saturated carbocycles. The number of nitro groups is 1. The molecule has 0 atom stereocenters. The third-order valence-electron chi connectivity index (χ3n) is 2.81. The van der Waals surface area contributed by atoms with Crippen LogP contribution in [-0.2, 0) is 6.54 Å². The van der Waals surface area contributed by atoms with E-state index in [-0.39, 0.29) is 5.69 Å². The number of hydrogen-bond acceptors (Lipinski definition) is 4.